The van der Waals surface area contributed by atoms with E-state index in [4.69, 9.17) is 10.2 Å². The lowest BCUT2D eigenvalue weighted by atomic mass is 10.1. The number of hydrogen-bond donors (Lipinski definition) is 3. The van der Waals surface area contributed by atoms with E-state index in [0.717, 1.165) is 12.1 Å². The molecule has 1 unspecified atom stereocenters. The van der Waals surface area contributed by atoms with Gasteiger partial charge in [0.15, 0.2) is 11.6 Å². The van der Waals surface area contributed by atoms with Gasteiger partial charge in [0.2, 0.25) is 0 Å². The van der Waals surface area contributed by atoms with E-state index >= 15 is 0 Å². The van der Waals surface area contributed by atoms with Crippen molar-refractivity contribution in [2.45, 2.75) is 12.5 Å². The molecule has 1 aromatic rings. The number of halogens is 2. The zero-order chi connectivity index (χ0) is 14.3. The highest BCUT2D eigenvalue weighted by Gasteiger charge is 2.15. The third-order valence-corrected chi connectivity index (χ3v) is 2.81. The zero-order valence-electron chi connectivity index (χ0n) is 10.6. The van der Waals surface area contributed by atoms with Crippen LogP contribution in [0.25, 0.3) is 0 Å². The zero-order valence-corrected chi connectivity index (χ0v) is 10.6. The molecule has 1 rings (SSSR count). The van der Waals surface area contributed by atoms with Gasteiger partial charge in [-0.15, -0.1) is 0 Å². The van der Waals surface area contributed by atoms with Gasteiger partial charge in [-0.05, 0) is 24.1 Å². The van der Waals surface area contributed by atoms with Crippen LogP contribution in [0.4, 0.5) is 8.78 Å². The first-order valence-corrected chi connectivity index (χ1v) is 6.15. The largest absolute Gasteiger partial charge is 0.396 e. The number of hydrogen-bond acceptors (Lipinski definition) is 4. The van der Waals surface area contributed by atoms with Crippen molar-refractivity contribution >= 4 is 0 Å². The topological polar surface area (TPSA) is 63.9 Å². The Morgan fingerprint density at radius 1 is 1.05 bits per heavy atom. The van der Waals surface area contributed by atoms with Gasteiger partial charge in [-0.1, -0.05) is 6.07 Å². The Morgan fingerprint density at radius 3 is 2.37 bits per heavy atom. The van der Waals surface area contributed by atoms with Gasteiger partial charge in [0.1, 0.15) is 0 Å². The van der Waals surface area contributed by atoms with Crippen LogP contribution in [-0.4, -0.2) is 53.1 Å². The molecule has 3 N–H and O–H groups in total. The second kappa shape index (κ2) is 8.16. The predicted molar refractivity (Wildman–Crippen MR) is 66.5 cm³/mol. The minimum atomic E-state index is -0.999. The standard InChI is InChI=1S/C13H19F2NO3/c14-11-3-2-10(8-12(11)15)13(19)9-16(5-7-18)4-1-6-17/h2-3,8,13,17-19H,1,4-7,9H2. The fourth-order valence-corrected chi connectivity index (χ4v) is 1.80. The van der Waals surface area contributed by atoms with Crippen LogP contribution in [0.1, 0.15) is 18.1 Å². The first-order valence-electron chi connectivity index (χ1n) is 6.15. The first kappa shape index (κ1) is 16.0. The van der Waals surface area contributed by atoms with Gasteiger partial charge < -0.3 is 15.3 Å². The van der Waals surface area contributed by atoms with Gasteiger partial charge in [0.25, 0.3) is 0 Å². The maximum atomic E-state index is 13.1. The van der Waals surface area contributed by atoms with Crippen LogP contribution in [0, 0.1) is 11.6 Å². The molecule has 1 aromatic carbocycles. The summed E-state index contributed by atoms with van der Waals surface area (Å²) in [5.74, 6) is -1.95. The Balaban J connectivity index is 2.63. The lowest BCUT2D eigenvalue weighted by Gasteiger charge is -2.24. The smallest absolute Gasteiger partial charge is 0.159 e. The summed E-state index contributed by atoms with van der Waals surface area (Å²) in [5.41, 5.74) is 0.283. The second-order valence-corrected chi connectivity index (χ2v) is 4.29. The molecule has 0 saturated carbocycles. The van der Waals surface area contributed by atoms with Crippen molar-refractivity contribution in [1.29, 1.82) is 0 Å². The van der Waals surface area contributed by atoms with Crippen LogP contribution in [0.3, 0.4) is 0 Å². The van der Waals surface area contributed by atoms with Crippen molar-refractivity contribution in [2.24, 2.45) is 0 Å². The number of nitrogens with zero attached hydrogens (tertiary/aromatic N) is 1. The molecule has 0 aliphatic heterocycles. The van der Waals surface area contributed by atoms with Crippen LogP contribution in [0.5, 0.6) is 0 Å². The molecule has 0 radical (unpaired) electrons. The van der Waals surface area contributed by atoms with Gasteiger partial charge >= 0.3 is 0 Å². The molecular weight excluding hydrogens is 256 g/mol. The van der Waals surface area contributed by atoms with Gasteiger partial charge in [-0.2, -0.15) is 0 Å². The van der Waals surface area contributed by atoms with Crippen molar-refractivity contribution in [3.05, 3.63) is 35.4 Å². The van der Waals surface area contributed by atoms with Gasteiger partial charge in [0, 0.05) is 26.2 Å². The Bertz CT molecular complexity index is 390. The van der Waals surface area contributed by atoms with Crippen LogP contribution < -0.4 is 0 Å². The quantitative estimate of drug-likeness (QED) is 0.652. The summed E-state index contributed by atoms with van der Waals surface area (Å²) in [6.45, 7) is 0.989. The molecule has 0 fully saturated rings. The molecule has 0 aromatic heterocycles. The lowest BCUT2D eigenvalue weighted by molar-refractivity contribution is 0.0947. The molecule has 0 amide bonds. The monoisotopic (exact) mass is 275 g/mol. The maximum Gasteiger partial charge on any atom is 0.159 e. The highest BCUT2D eigenvalue weighted by atomic mass is 19.2. The number of aliphatic hydroxyl groups excluding tert-OH is 3. The molecule has 0 bridgehead atoms. The SMILES string of the molecule is OCCCN(CCO)CC(O)c1ccc(F)c(F)c1. The van der Waals surface area contributed by atoms with E-state index < -0.39 is 17.7 Å². The molecule has 0 saturated heterocycles. The molecule has 6 heteroatoms. The molecular formula is C13H19F2NO3. The van der Waals surface area contributed by atoms with E-state index in [1.165, 1.54) is 6.07 Å². The molecule has 0 aliphatic rings. The summed E-state index contributed by atoms with van der Waals surface area (Å²) in [5, 5.41) is 27.6. The van der Waals surface area contributed by atoms with Crippen LogP contribution in [0.2, 0.25) is 0 Å². The van der Waals surface area contributed by atoms with E-state index in [2.05, 4.69) is 0 Å². The normalized spacial score (nSPS) is 12.9. The van der Waals surface area contributed by atoms with Gasteiger partial charge in [-0.3, -0.25) is 4.90 Å². The fraction of sp³-hybridized carbons (Fsp3) is 0.538. The minimum absolute atomic E-state index is 0.0171. The Hall–Kier alpha value is -1.08. The van der Waals surface area contributed by atoms with Crippen molar-refractivity contribution in [3.8, 4) is 0 Å². The third-order valence-electron chi connectivity index (χ3n) is 2.81. The van der Waals surface area contributed by atoms with Crippen molar-refractivity contribution in [1.82, 2.24) is 4.90 Å². The van der Waals surface area contributed by atoms with Crippen LogP contribution in [-0.2, 0) is 0 Å². The highest BCUT2D eigenvalue weighted by Crippen LogP contribution is 2.17. The summed E-state index contributed by atoms with van der Waals surface area (Å²) in [7, 11) is 0. The van der Waals surface area contributed by atoms with Crippen LogP contribution >= 0.6 is 0 Å². The third kappa shape index (κ3) is 5.20. The molecule has 0 aliphatic carbocycles. The summed E-state index contributed by atoms with van der Waals surface area (Å²) < 4.78 is 25.8. The first-order chi connectivity index (χ1) is 9.08. The molecule has 0 spiro atoms. The molecule has 0 heterocycles. The minimum Gasteiger partial charge on any atom is -0.396 e. The summed E-state index contributed by atoms with van der Waals surface area (Å²) >= 11 is 0. The summed E-state index contributed by atoms with van der Waals surface area (Å²) in [4.78, 5) is 1.75. The van der Waals surface area contributed by atoms with Crippen molar-refractivity contribution in [3.63, 3.8) is 0 Å². The fourth-order valence-electron chi connectivity index (χ4n) is 1.80. The Morgan fingerprint density at radius 2 is 1.79 bits per heavy atom. The van der Waals surface area contributed by atoms with E-state index in [-0.39, 0.29) is 25.3 Å². The Kier molecular flexibility index (Phi) is 6.86. The molecule has 108 valence electrons. The molecule has 19 heavy (non-hydrogen) atoms. The summed E-state index contributed by atoms with van der Waals surface area (Å²) in [6, 6.07) is 3.26. The molecule has 1 atom stereocenters. The van der Waals surface area contributed by atoms with Gasteiger partial charge in [0.05, 0.1) is 12.7 Å². The number of aliphatic hydroxyl groups is 3. The van der Waals surface area contributed by atoms with E-state index in [9.17, 15) is 13.9 Å². The molecule has 4 nitrogen and oxygen atoms in total. The van der Waals surface area contributed by atoms with E-state index in [1.807, 2.05) is 0 Å². The highest BCUT2D eigenvalue weighted by molar-refractivity contribution is 5.20. The van der Waals surface area contributed by atoms with Crippen molar-refractivity contribution < 1.29 is 24.1 Å². The Labute approximate surface area is 110 Å². The second-order valence-electron chi connectivity index (χ2n) is 4.29. The van der Waals surface area contributed by atoms with Crippen molar-refractivity contribution in [2.75, 3.05) is 32.8 Å². The van der Waals surface area contributed by atoms with E-state index in [0.29, 0.717) is 19.5 Å². The number of rotatable bonds is 8. The summed E-state index contributed by atoms with van der Waals surface area (Å²) in [6.07, 6.45) is -0.454. The number of benzene rings is 1. The van der Waals surface area contributed by atoms with Gasteiger partial charge in [-0.25, -0.2) is 8.78 Å². The maximum absolute atomic E-state index is 13.1. The predicted octanol–water partition coefficient (Wildman–Crippen LogP) is 0.675. The van der Waals surface area contributed by atoms with E-state index in [1.54, 1.807) is 4.90 Å². The average Bonchev–Trinajstić information content (AvgIpc) is 2.39. The average molecular weight is 275 g/mol. The lowest BCUT2D eigenvalue weighted by Crippen LogP contribution is -2.32. The van der Waals surface area contributed by atoms with Crippen LogP contribution in [0.15, 0.2) is 18.2 Å².